The Balaban J connectivity index is 1.95. The Bertz CT molecular complexity index is 1430. The summed E-state index contributed by atoms with van der Waals surface area (Å²) in [5.74, 6) is 1.06. The molecule has 1 unspecified atom stereocenters. The second-order valence-electron chi connectivity index (χ2n) is 7.23. The summed E-state index contributed by atoms with van der Waals surface area (Å²) in [6.45, 7) is 5.61. The number of nitrogen functional groups attached to an aromatic ring is 1. The summed E-state index contributed by atoms with van der Waals surface area (Å²) in [4.78, 5) is 17.8. The van der Waals surface area contributed by atoms with Crippen LogP contribution in [-0.2, 0) is 0 Å². The SMILES string of the molecule is CC=c1cc(C(C)Nc2cc(N)nc3ccnn23)n(-c2ccccc2)c(=O)c1=C(C)Cl. The van der Waals surface area contributed by atoms with Crippen LogP contribution < -0.4 is 27.0 Å². The lowest BCUT2D eigenvalue weighted by Gasteiger charge is -2.21. The minimum Gasteiger partial charge on any atom is -0.384 e. The van der Waals surface area contributed by atoms with E-state index >= 15 is 0 Å². The third-order valence-corrected chi connectivity index (χ3v) is 5.31. The summed E-state index contributed by atoms with van der Waals surface area (Å²) < 4.78 is 3.37. The van der Waals surface area contributed by atoms with Crippen molar-refractivity contribution in [2.45, 2.75) is 26.8 Å². The predicted octanol–water partition coefficient (Wildman–Crippen LogP) is 2.80. The number of anilines is 2. The first kappa shape index (κ1) is 20.7. The Morgan fingerprint density at radius 3 is 2.65 bits per heavy atom. The van der Waals surface area contributed by atoms with Crippen LogP contribution in [0.4, 0.5) is 11.6 Å². The predicted molar refractivity (Wildman–Crippen MR) is 126 cm³/mol. The highest BCUT2D eigenvalue weighted by Gasteiger charge is 2.17. The Labute approximate surface area is 184 Å². The van der Waals surface area contributed by atoms with Crippen LogP contribution in [0.5, 0.6) is 0 Å². The minimum atomic E-state index is -0.259. The lowest BCUT2D eigenvalue weighted by Crippen LogP contribution is -2.47. The Kier molecular flexibility index (Phi) is 5.52. The molecule has 1 aromatic carbocycles. The zero-order valence-electron chi connectivity index (χ0n) is 17.5. The van der Waals surface area contributed by atoms with Crippen molar-refractivity contribution >= 4 is 40.0 Å². The molecule has 0 fully saturated rings. The average Bonchev–Trinajstić information content (AvgIpc) is 3.21. The first-order valence-electron chi connectivity index (χ1n) is 9.91. The maximum absolute atomic E-state index is 13.6. The van der Waals surface area contributed by atoms with Crippen molar-refractivity contribution in [3.05, 3.63) is 81.2 Å². The second-order valence-corrected chi connectivity index (χ2v) is 7.80. The highest BCUT2D eigenvalue weighted by atomic mass is 35.5. The third-order valence-electron chi connectivity index (χ3n) is 5.12. The van der Waals surface area contributed by atoms with Crippen molar-refractivity contribution in [2.24, 2.45) is 0 Å². The molecule has 0 spiro atoms. The number of aromatic nitrogens is 4. The van der Waals surface area contributed by atoms with Gasteiger partial charge in [-0.25, -0.2) is 4.98 Å². The number of rotatable bonds is 4. The number of nitrogens with zero attached hydrogens (tertiary/aromatic N) is 4. The molecule has 0 amide bonds. The first-order valence-corrected chi connectivity index (χ1v) is 10.3. The fourth-order valence-electron chi connectivity index (χ4n) is 3.72. The second kappa shape index (κ2) is 8.28. The van der Waals surface area contributed by atoms with Crippen LogP contribution in [0.2, 0.25) is 0 Å². The maximum Gasteiger partial charge on any atom is 0.264 e. The number of para-hydroxylation sites is 1. The van der Waals surface area contributed by atoms with E-state index in [1.807, 2.05) is 56.3 Å². The number of nitrogens with one attached hydrogen (secondary N) is 1. The average molecular weight is 435 g/mol. The molecule has 7 nitrogen and oxygen atoms in total. The molecule has 4 aromatic rings. The molecule has 3 aromatic heterocycles. The molecule has 8 heteroatoms. The number of fused-ring (bicyclic) bond motifs is 1. The number of halogens is 1. The fraction of sp³-hybridized carbons (Fsp3) is 0.174. The lowest BCUT2D eigenvalue weighted by molar-refractivity contribution is 0.752. The molecule has 158 valence electrons. The first-order chi connectivity index (χ1) is 14.9. The van der Waals surface area contributed by atoms with Crippen molar-refractivity contribution in [1.82, 2.24) is 19.2 Å². The smallest absolute Gasteiger partial charge is 0.264 e. The summed E-state index contributed by atoms with van der Waals surface area (Å²) >= 11 is 6.32. The van der Waals surface area contributed by atoms with Gasteiger partial charge in [-0.15, -0.1) is 0 Å². The zero-order chi connectivity index (χ0) is 22.1. The van der Waals surface area contributed by atoms with Crippen molar-refractivity contribution in [2.75, 3.05) is 11.1 Å². The van der Waals surface area contributed by atoms with Crippen LogP contribution in [0, 0.1) is 0 Å². The molecule has 0 aliphatic heterocycles. The van der Waals surface area contributed by atoms with Crippen molar-refractivity contribution in [1.29, 1.82) is 0 Å². The topological polar surface area (TPSA) is 90.2 Å². The van der Waals surface area contributed by atoms with Gasteiger partial charge in [0.2, 0.25) is 0 Å². The van der Waals surface area contributed by atoms with Gasteiger partial charge in [0.15, 0.2) is 5.65 Å². The van der Waals surface area contributed by atoms with E-state index in [2.05, 4.69) is 15.4 Å². The van der Waals surface area contributed by atoms with Gasteiger partial charge in [0.05, 0.1) is 17.5 Å². The fourth-order valence-corrected chi connectivity index (χ4v) is 3.91. The molecule has 31 heavy (non-hydrogen) atoms. The largest absolute Gasteiger partial charge is 0.384 e. The number of benzene rings is 1. The Hall–Kier alpha value is -3.58. The van der Waals surface area contributed by atoms with Crippen LogP contribution >= 0.6 is 11.6 Å². The van der Waals surface area contributed by atoms with E-state index in [1.54, 1.807) is 34.3 Å². The molecule has 1 atom stereocenters. The van der Waals surface area contributed by atoms with Gasteiger partial charge in [-0.3, -0.25) is 9.36 Å². The molecule has 0 saturated heterocycles. The summed E-state index contributed by atoms with van der Waals surface area (Å²) in [5.41, 5.74) is 7.98. The van der Waals surface area contributed by atoms with Gasteiger partial charge in [-0.05, 0) is 44.2 Å². The van der Waals surface area contributed by atoms with Gasteiger partial charge in [-0.2, -0.15) is 9.61 Å². The van der Waals surface area contributed by atoms with Crippen LogP contribution in [0.15, 0.2) is 59.5 Å². The molecule has 3 N–H and O–H groups in total. The minimum absolute atomic E-state index is 0.170. The Morgan fingerprint density at radius 2 is 1.97 bits per heavy atom. The van der Waals surface area contributed by atoms with Gasteiger partial charge in [0.25, 0.3) is 5.56 Å². The summed E-state index contributed by atoms with van der Waals surface area (Å²) in [5, 5.41) is 9.48. The highest BCUT2D eigenvalue weighted by molar-refractivity contribution is 6.44. The molecule has 4 rings (SSSR count). The monoisotopic (exact) mass is 434 g/mol. The van der Waals surface area contributed by atoms with Gasteiger partial charge in [0, 0.05) is 28.5 Å². The van der Waals surface area contributed by atoms with Gasteiger partial charge < -0.3 is 11.1 Å². The molecule has 0 aliphatic rings. The maximum atomic E-state index is 13.6. The van der Waals surface area contributed by atoms with Gasteiger partial charge >= 0.3 is 0 Å². The van der Waals surface area contributed by atoms with Crippen LogP contribution in [0.25, 0.3) is 22.4 Å². The highest BCUT2D eigenvalue weighted by Crippen LogP contribution is 2.21. The molecule has 0 radical (unpaired) electrons. The van der Waals surface area contributed by atoms with E-state index in [0.29, 0.717) is 27.5 Å². The van der Waals surface area contributed by atoms with Crippen molar-refractivity contribution in [3.63, 3.8) is 0 Å². The van der Waals surface area contributed by atoms with E-state index in [9.17, 15) is 4.79 Å². The van der Waals surface area contributed by atoms with Crippen molar-refractivity contribution in [3.8, 4) is 5.69 Å². The molecule has 3 heterocycles. The molecule has 0 saturated carbocycles. The van der Waals surface area contributed by atoms with Crippen LogP contribution in [0.1, 0.15) is 32.5 Å². The molecule has 0 aliphatic carbocycles. The quantitative estimate of drug-likeness (QED) is 0.515. The molecular formula is C23H23ClN6O. The normalized spacial score (nSPS) is 14.0. The molecule has 0 bridgehead atoms. The summed E-state index contributed by atoms with van der Waals surface area (Å²) in [6.07, 6.45) is 3.56. The van der Waals surface area contributed by atoms with E-state index in [4.69, 9.17) is 17.3 Å². The van der Waals surface area contributed by atoms with E-state index in [-0.39, 0.29) is 11.6 Å². The van der Waals surface area contributed by atoms with Crippen LogP contribution in [-0.4, -0.2) is 19.2 Å². The number of hydrogen-bond acceptors (Lipinski definition) is 5. The standard InChI is InChI=1S/C23H23ClN6O/c1-4-16-12-18(15(3)27-21-13-19(25)28-20-10-11-26-30(20)21)29(17-8-6-5-7-9-17)23(31)22(16)14(2)24/h4-13,15,27H,1-3H3,(H2,25,28). The third kappa shape index (κ3) is 3.80. The number of hydrogen-bond donors (Lipinski definition) is 2. The Morgan fingerprint density at radius 1 is 1.23 bits per heavy atom. The van der Waals surface area contributed by atoms with Gasteiger partial charge in [-0.1, -0.05) is 35.9 Å². The van der Waals surface area contributed by atoms with Crippen molar-refractivity contribution < 1.29 is 0 Å². The summed E-state index contributed by atoms with van der Waals surface area (Å²) in [7, 11) is 0. The van der Waals surface area contributed by atoms with E-state index in [0.717, 1.165) is 16.6 Å². The lowest BCUT2D eigenvalue weighted by atomic mass is 10.1. The van der Waals surface area contributed by atoms with E-state index in [1.165, 1.54) is 0 Å². The summed E-state index contributed by atoms with van der Waals surface area (Å²) in [6, 6.07) is 14.7. The number of nitrogens with two attached hydrogens (primary N) is 1. The molecular weight excluding hydrogens is 412 g/mol. The van der Waals surface area contributed by atoms with E-state index < -0.39 is 0 Å². The zero-order valence-corrected chi connectivity index (χ0v) is 18.3. The van der Waals surface area contributed by atoms with Gasteiger partial charge in [0.1, 0.15) is 11.6 Å². The number of pyridine rings is 1. The van der Waals surface area contributed by atoms with Crippen LogP contribution in [0.3, 0.4) is 0 Å².